The number of hydrogen-bond donors (Lipinski definition) is 1. The van der Waals surface area contributed by atoms with Gasteiger partial charge in [-0.15, -0.1) is 0 Å². The number of sulfonamides is 1. The van der Waals surface area contributed by atoms with Crippen LogP contribution in [0.15, 0.2) is 16.7 Å². The van der Waals surface area contributed by atoms with E-state index >= 15 is 0 Å². The number of hydrogen-bond acceptors (Lipinski definition) is 5. The highest BCUT2D eigenvalue weighted by Gasteiger charge is 2.20. The van der Waals surface area contributed by atoms with Gasteiger partial charge in [-0.1, -0.05) is 0 Å². The topological polar surface area (TPSA) is 85.6 Å². The third-order valence-electron chi connectivity index (χ3n) is 1.77. The van der Waals surface area contributed by atoms with E-state index in [9.17, 15) is 13.2 Å². The quantitative estimate of drug-likeness (QED) is 0.746. The first kappa shape index (κ1) is 11.7. The number of carbonyl (C=O) groups excluding carboxylic acids is 1. The van der Waals surface area contributed by atoms with E-state index in [1.54, 1.807) is 0 Å². The molecule has 6 nitrogen and oxygen atoms in total. The lowest BCUT2D eigenvalue weighted by Crippen LogP contribution is -2.21. The average molecular weight is 233 g/mol. The van der Waals surface area contributed by atoms with Gasteiger partial charge < -0.3 is 9.15 Å². The molecule has 0 aliphatic rings. The van der Waals surface area contributed by atoms with Crippen molar-refractivity contribution >= 4 is 16.0 Å². The Hall–Kier alpha value is -1.34. The first-order valence-electron chi connectivity index (χ1n) is 4.06. The second-order valence-corrected chi connectivity index (χ2v) is 4.66. The predicted molar refractivity (Wildman–Crippen MR) is 51.7 cm³/mol. The van der Waals surface area contributed by atoms with E-state index in [0.29, 0.717) is 0 Å². The summed E-state index contributed by atoms with van der Waals surface area (Å²) < 4.78 is 33.9. The Bertz CT molecular complexity index is 447. The SMILES string of the molecule is CNS(=O)(=O)Cc1ccoc1C(=O)OC. The maximum Gasteiger partial charge on any atom is 0.374 e. The summed E-state index contributed by atoms with van der Waals surface area (Å²) >= 11 is 0. The van der Waals surface area contributed by atoms with Crippen molar-refractivity contribution in [1.82, 2.24) is 4.72 Å². The Balaban J connectivity index is 2.97. The second kappa shape index (κ2) is 4.45. The molecule has 0 saturated heterocycles. The van der Waals surface area contributed by atoms with E-state index in [4.69, 9.17) is 4.42 Å². The summed E-state index contributed by atoms with van der Waals surface area (Å²) in [6.45, 7) is 0. The molecular weight excluding hydrogens is 222 g/mol. The Morgan fingerprint density at radius 2 is 2.27 bits per heavy atom. The third kappa shape index (κ3) is 2.80. The van der Waals surface area contributed by atoms with E-state index in [1.165, 1.54) is 26.5 Å². The summed E-state index contributed by atoms with van der Waals surface area (Å²) in [7, 11) is -0.930. The van der Waals surface area contributed by atoms with Crippen molar-refractivity contribution in [3.63, 3.8) is 0 Å². The van der Waals surface area contributed by atoms with Crippen LogP contribution in [0.3, 0.4) is 0 Å². The average Bonchev–Trinajstić information content (AvgIpc) is 2.64. The lowest BCUT2D eigenvalue weighted by Gasteiger charge is -2.01. The van der Waals surface area contributed by atoms with Gasteiger partial charge in [-0.05, 0) is 13.1 Å². The first-order chi connectivity index (χ1) is 7.00. The zero-order valence-corrected chi connectivity index (χ0v) is 9.13. The largest absolute Gasteiger partial charge is 0.463 e. The van der Waals surface area contributed by atoms with Crippen molar-refractivity contribution < 1.29 is 22.4 Å². The van der Waals surface area contributed by atoms with E-state index < -0.39 is 16.0 Å². The molecule has 0 amide bonds. The lowest BCUT2D eigenvalue weighted by atomic mass is 10.3. The minimum Gasteiger partial charge on any atom is -0.463 e. The molecule has 0 unspecified atom stereocenters. The third-order valence-corrected chi connectivity index (χ3v) is 3.09. The maximum absolute atomic E-state index is 11.2. The molecule has 0 fully saturated rings. The molecule has 0 saturated carbocycles. The zero-order chi connectivity index (χ0) is 11.5. The molecule has 0 spiro atoms. The summed E-state index contributed by atoms with van der Waals surface area (Å²) in [6.07, 6.45) is 1.24. The fourth-order valence-electron chi connectivity index (χ4n) is 0.998. The molecule has 0 aliphatic heterocycles. The van der Waals surface area contributed by atoms with Crippen LogP contribution in [-0.4, -0.2) is 28.5 Å². The molecule has 15 heavy (non-hydrogen) atoms. The Morgan fingerprint density at radius 3 is 2.80 bits per heavy atom. The highest BCUT2D eigenvalue weighted by molar-refractivity contribution is 7.88. The van der Waals surface area contributed by atoms with Crippen molar-refractivity contribution in [3.8, 4) is 0 Å². The molecule has 0 aromatic carbocycles. The van der Waals surface area contributed by atoms with E-state index in [1.807, 2.05) is 0 Å². The van der Waals surface area contributed by atoms with Crippen LogP contribution in [0.4, 0.5) is 0 Å². The Labute approximate surface area is 87.3 Å². The minimum atomic E-state index is -3.42. The fourth-order valence-corrected chi connectivity index (χ4v) is 1.78. The van der Waals surface area contributed by atoms with Gasteiger partial charge in [-0.3, -0.25) is 0 Å². The highest BCUT2D eigenvalue weighted by atomic mass is 32.2. The summed E-state index contributed by atoms with van der Waals surface area (Å²) in [4.78, 5) is 11.1. The molecule has 1 N–H and O–H groups in total. The van der Waals surface area contributed by atoms with Gasteiger partial charge in [0.25, 0.3) is 0 Å². The molecule has 1 heterocycles. The van der Waals surface area contributed by atoms with Crippen LogP contribution in [0.1, 0.15) is 16.1 Å². The van der Waals surface area contributed by atoms with Gasteiger partial charge >= 0.3 is 5.97 Å². The van der Waals surface area contributed by atoms with Gasteiger partial charge in [0.05, 0.1) is 19.1 Å². The molecule has 0 aliphatic carbocycles. The predicted octanol–water partition coefficient (Wildman–Crippen LogP) is 0.115. The van der Waals surface area contributed by atoms with Crippen molar-refractivity contribution in [2.75, 3.05) is 14.2 Å². The van der Waals surface area contributed by atoms with Gasteiger partial charge in [0, 0.05) is 5.56 Å². The first-order valence-corrected chi connectivity index (χ1v) is 5.71. The van der Waals surface area contributed by atoms with Crippen LogP contribution in [0.25, 0.3) is 0 Å². The number of ether oxygens (including phenoxy) is 1. The van der Waals surface area contributed by atoms with Crippen molar-refractivity contribution in [2.24, 2.45) is 0 Å². The monoisotopic (exact) mass is 233 g/mol. The highest BCUT2D eigenvalue weighted by Crippen LogP contribution is 2.14. The minimum absolute atomic E-state index is 0.0867. The van der Waals surface area contributed by atoms with Crippen LogP contribution < -0.4 is 4.72 Å². The van der Waals surface area contributed by atoms with Crippen LogP contribution in [0.2, 0.25) is 0 Å². The van der Waals surface area contributed by atoms with Gasteiger partial charge in [0.1, 0.15) is 0 Å². The lowest BCUT2D eigenvalue weighted by molar-refractivity contribution is 0.0564. The van der Waals surface area contributed by atoms with Crippen LogP contribution in [0, 0.1) is 0 Å². The summed E-state index contributed by atoms with van der Waals surface area (Å²) in [5.74, 6) is -1.10. The second-order valence-electron chi connectivity index (χ2n) is 2.73. The normalized spacial score (nSPS) is 11.3. The molecule has 84 valence electrons. The molecule has 7 heteroatoms. The van der Waals surface area contributed by atoms with Gasteiger partial charge in [-0.25, -0.2) is 17.9 Å². The Kier molecular flexibility index (Phi) is 3.48. The summed E-state index contributed by atoms with van der Waals surface area (Å²) in [5, 5.41) is 0. The molecule has 0 radical (unpaired) electrons. The molecule has 0 atom stereocenters. The molecular formula is C8H11NO5S. The van der Waals surface area contributed by atoms with Crippen molar-refractivity contribution in [2.45, 2.75) is 5.75 Å². The number of carbonyl (C=O) groups is 1. The van der Waals surface area contributed by atoms with E-state index in [-0.39, 0.29) is 17.1 Å². The van der Waals surface area contributed by atoms with Crippen LogP contribution in [0.5, 0.6) is 0 Å². The van der Waals surface area contributed by atoms with Gasteiger partial charge in [-0.2, -0.15) is 0 Å². The van der Waals surface area contributed by atoms with E-state index in [2.05, 4.69) is 9.46 Å². The summed E-state index contributed by atoms with van der Waals surface area (Å²) in [6, 6.07) is 1.42. The number of methoxy groups -OCH3 is 1. The standard InChI is InChI=1S/C8H11NO5S/c1-9-15(11,12)5-6-3-4-14-7(6)8(10)13-2/h3-4,9H,5H2,1-2H3. The van der Waals surface area contributed by atoms with E-state index in [0.717, 1.165) is 0 Å². The van der Waals surface area contributed by atoms with Crippen molar-refractivity contribution in [1.29, 1.82) is 0 Å². The number of esters is 1. The molecule has 1 rings (SSSR count). The van der Waals surface area contributed by atoms with Crippen LogP contribution in [-0.2, 0) is 20.5 Å². The molecule has 1 aromatic rings. The van der Waals surface area contributed by atoms with Crippen molar-refractivity contribution in [3.05, 3.63) is 23.7 Å². The maximum atomic E-state index is 11.2. The smallest absolute Gasteiger partial charge is 0.374 e. The molecule has 0 bridgehead atoms. The number of furan rings is 1. The summed E-state index contributed by atoms with van der Waals surface area (Å²) in [5.41, 5.74) is 0.274. The van der Waals surface area contributed by atoms with Gasteiger partial charge in [0.2, 0.25) is 15.8 Å². The number of nitrogens with one attached hydrogen (secondary N) is 1. The van der Waals surface area contributed by atoms with Gasteiger partial charge in [0.15, 0.2) is 0 Å². The number of rotatable bonds is 4. The fraction of sp³-hybridized carbons (Fsp3) is 0.375. The zero-order valence-electron chi connectivity index (χ0n) is 8.31. The van der Waals surface area contributed by atoms with Crippen LogP contribution >= 0.6 is 0 Å². The molecule has 1 aromatic heterocycles. The Morgan fingerprint density at radius 1 is 1.60 bits per heavy atom.